The third-order valence-electron chi connectivity index (χ3n) is 7.08. The van der Waals surface area contributed by atoms with E-state index in [9.17, 15) is 9.59 Å². The smallest absolute Gasteiger partial charge is 0.410 e. The fraction of sp³-hybridized carbons (Fsp3) is 0.393. The van der Waals surface area contributed by atoms with Crippen molar-refractivity contribution in [3.63, 3.8) is 0 Å². The largest absolute Gasteiger partial charge is 0.414 e. The standard InChI is InChI=1S/C28H32N4O3/c1-30(2)28(34)35-22-13-11-19(12-14-22)16-20-17-24-25(26-23(20)10-7-15-31(26)3)29-18-32(27(24)33)21-8-5-4-6-9-21/h7,10-14,17-18,21H,4-6,8-9,15-16H2,1-3H3. The molecule has 5 rings (SSSR count). The van der Waals surface area contributed by atoms with Gasteiger partial charge in [-0.05, 0) is 48.6 Å². The highest BCUT2D eigenvalue weighted by molar-refractivity contribution is 5.97. The Hall–Kier alpha value is -3.61. The summed E-state index contributed by atoms with van der Waals surface area (Å²) in [5.41, 5.74) is 5.13. The fourth-order valence-electron chi connectivity index (χ4n) is 5.18. The highest BCUT2D eigenvalue weighted by Crippen LogP contribution is 2.36. The normalized spacial score (nSPS) is 15.8. The van der Waals surface area contributed by atoms with E-state index in [1.807, 2.05) is 41.9 Å². The molecule has 1 fully saturated rings. The van der Waals surface area contributed by atoms with Gasteiger partial charge < -0.3 is 14.5 Å². The zero-order valence-electron chi connectivity index (χ0n) is 20.7. The maximum Gasteiger partial charge on any atom is 0.414 e. The molecule has 1 aliphatic carbocycles. The fourth-order valence-corrected chi connectivity index (χ4v) is 5.18. The van der Waals surface area contributed by atoms with Crippen LogP contribution in [0, 0.1) is 0 Å². The summed E-state index contributed by atoms with van der Waals surface area (Å²) in [5.74, 6) is 0.507. The van der Waals surface area contributed by atoms with E-state index < -0.39 is 6.09 Å². The molecule has 0 atom stereocenters. The summed E-state index contributed by atoms with van der Waals surface area (Å²) in [5, 5.41) is 0.686. The van der Waals surface area contributed by atoms with Crippen molar-refractivity contribution < 1.29 is 9.53 Å². The highest BCUT2D eigenvalue weighted by Gasteiger charge is 2.23. The van der Waals surface area contributed by atoms with Crippen molar-refractivity contribution in [1.29, 1.82) is 0 Å². The van der Waals surface area contributed by atoms with Crippen molar-refractivity contribution >= 4 is 28.8 Å². The lowest BCUT2D eigenvalue weighted by molar-refractivity contribution is 0.172. The molecule has 1 saturated carbocycles. The minimum absolute atomic E-state index is 0.0554. The number of amides is 1. The predicted molar refractivity (Wildman–Crippen MR) is 139 cm³/mol. The number of aromatic nitrogens is 2. The Morgan fingerprint density at radius 1 is 1.14 bits per heavy atom. The summed E-state index contributed by atoms with van der Waals surface area (Å²) in [4.78, 5) is 33.9. The monoisotopic (exact) mass is 472 g/mol. The Kier molecular flexibility index (Phi) is 6.32. The molecule has 1 amide bonds. The number of anilines is 1. The number of likely N-dealkylation sites (N-methyl/N-ethyl adjacent to an activating group) is 1. The lowest BCUT2D eigenvalue weighted by atomic mass is 9.93. The van der Waals surface area contributed by atoms with Gasteiger partial charge in [-0.3, -0.25) is 9.36 Å². The van der Waals surface area contributed by atoms with Gasteiger partial charge in [-0.15, -0.1) is 0 Å². The molecule has 7 nitrogen and oxygen atoms in total. The van der Waals surface area contributed by atoms with Crippen molar-refractivity contribution in [2.75, 3.05) is 32.6 Å². The van der Waals surface area contributed by atoms with Crippen LogP contribution >= 0.6 is 0 Å². The number of hydrogen-bond donors (Lipinski definition) is 0. The maximum atomic E-state index is 13.7. The number of hydrogen-bond acceptors (Lipinski definition) is 5. The molecule has 182 valence electrons. The molecule has 35 heavy (non-hydrogen) atoms. The molecule has 0 bridgehead atoms. The van der Waals surface area contributed by atoms with Crippen molar-refractivity contribution in [3.8, 4) is 5.75 Å². The van der Waals surface area contributed by atoms with Crippen LogP contribution in [0.2, 0.25) is 0 Å². The minimum atomic E-state index is -0.406. The molecule has 7 heteroatoms. The molecule has 0 N–H and O–H groups in total. The van der Waals surface area contributed by atoms with Crippen LogP contribution in [-0.4, -0.2) is 48.2 Å². The Balaban J connectivity index is 1.54. The first-order valence-electron chi connectivity index (χ1n) is 12.3. The van der Waals surface area contributed by atoms with Crippen molar-refractivity contribution in [3.05, 3.63) is 69.8 Å². The van der Waals surface area contributed by atoms with Gasteiger partial charge in [0, 0.05) is 39.3 Å². The van der Waals surface area contributed by atoms with Gasteiger partial charge in [0.1, 0.15) is 11.3 Å². The van der Waals surface area contributed by atoms with Gasteiger partial charge in [-0.25, -0.2) is 9.78 Å². The quantitative estimate of drug-likeness (QED) is 0.534. The summed E-state index contributed by atoms with van der Waals surface area (Å²) in [6.45, 7) is 0.783. The van der Waals surface area contributed by atoms with E-state index >= 15 is 0 Å². The zero-order valence-corrected chi connectivity index (χ0v) is 20.7. The molecular formula is C28H32N4O3. The lowest BCUT2D eigenvalue weighted by Gasteiger charge is -2.28. The Bertz CT molecular complexity index is 1340. The van der Waals surface area contributed by atoms with Crippen LogP contribution in [0.3, 0.4) is 0 Å². The second-order valence-electron chi connectivity index (χ2n) is 9.81. The van der Waals surface area contributed by atoms with Gasteiger partial charge in [0.05, 0.1) is 17.4 Å². The first-order valence-corrected chi connectivity index (χ1v) is 12.3. The lowest BCUT2D eigenvalue weighted by Crippen LogP contribution is -2.28. The van der Waals surface area contributed by atoms with Crippen LogP contribution in [0.5, 0.6) is 5.75 Å². The van der Waals surface area contributed by atoms with Gasteiger partial charge in [0.2, 0.25) is 0 Å². The SMILES string of the molecule is CN(C)C(=O)Oc1ccc(Cc2cc3c(=O)n(C4CCCCC4)cnc3c3c2C=CCN3C)cc1. The third kappa shape index (κ3) is 4.55. The summed E-state index contributed by atoms with van der Waals surface area (Å²) in [6.07, 6.45) is 12.0. The van der Waals surface area contributed by atoms with Gasteiger partial charge >= 0.3 is 6.09 Å². The molecule has 1 aromatic heterocycles. The molecule has 3 aromatic rings. The van der Waals surface area contributed by atoms with E-state index in [4.69, 9.17) is 9.72 Å². The second-order valence-corrected chi connectivity index (χ2v) is 9.81. The average Bonchev–Trinajstić information content (AvgIpc) is 2.86. The number of rotatable bonds is 4. The van der Waals surface area contributed by atoms with E-state index in [1.54, 1.807) is 20.4 Å². The highest BCUT2D eigenvalue weighted by atomic mass is 16.6. The van der Waals surface area contributed by atoms with E-state index in [0.717, 1.165) is 60.1 Å². The van der Waals surface area contributed by atoms with E-state index in [-0.39, 0.29) is 11.6 Å². The average molecular weight is 473 g/mol. The van der Waals surface area contributed by atoms with Crippen LogP contribution in [-0.2, 0) is 6.42 Å². The van der Waals surface area contributed by atoms with E-state index in [0.29, 0.717) is 17.6 Å². The zero-order chi connectivity index (χ0) is 24.5. The molecule has 2 heterocycles. The van der Waals surface area contributed by atoms with Gasteiger partial charge in [-0.2, -0.15) is 0 Å². The minimum Gasteiger partial charge on any atom is -0.410 e. The number of benzene rings is 2. The maximum absolute atomic E-state index is 13.7. The molecular weight excluding hydrogens is 440 g/mol. The summed E-state index contributed by atoms with van der Waals surface area (Å²) >= 11 is 0. The van der Waals surface area contributed by atoms with Crippen molar-refractivity contribution in [2.45, 2.75) is 44.6 Å². The van der Waals surface area contributed by atoms with Crippen LogP contribution in [0.1, 0.15) is 54.8 Å². The van der Waals surface area contributed by atoms with Gasteiger partial charge in [0.15, 0.2) is 0 Å². The predicted octanol–water partition coefficient (Wildman–Crippen LogP) is 5.02. The summed E-state index contributed by atoms with van der Waals surface area (Å²) < 4.78 is 7.21. The molecule has 0 unspecified atom stereocenters. The number of carbonyl (C=O) groups is 1. The summed E-state index contributed by atoms with van der Waals surface area (Å²) in [7, 11) is 5.36. The topological polar surface area (TPSA) is 67.7 Å². The second kappa shape index (κ2) is 9.56. The molecule has 0 radical (unpaired) electrons. The first kappa shape index (κ1) is 23.1. The van der Waals surface area contributed by atoms with E-state index in [2.05, 4.69) is 17.1 Å². The van der Waals surface area contributed by atoms with Crippen molar-refractivity contribution in [1.82, 2.24) is 14.5 Å². The van der Waals surface area contributed by atoms with Crippen molar-refractivity contribution in [2.24, 2.45) is 0 Å². The molecule has 0 saturated heterocycles. The number of ether oxygens (including phenoxy) is 1. The number of carbonyl (C=O) groups excluding carboxylic acids is 1. The van der Waals surface area contributed by atoms with Crippen LogP contribution in [0.25, 0.3) is 17.0 Å². The third-order valence-corrected chi connectivity index (χ3v) is 7.08. The molecule has 0 spiro atoms. The number of fused-ring (bicyclic) bond motifs is 3. The molecule has 2 aliphatic rings. The van der Waals surface area contributed by atoms with Crippen LogP contribution < -0.4 is 15.2 Å². The Labute approximate surface area is 205 Å². The number of nitrogens with zero attached hydrogens (tertiary/aromatic N) is 4. The van der Waals surface area contributed by atoms with E-state index in [1.165, 1.54) is 11.3 Å². The Morgan fingerprint density at radius 2 is 1.89 bits per heavy atom. The van der Waals surface area contributed by atoms with Gasteiger partial charge in [0.25, 0.3) is 5.56 Å². The van der Waals surface area contributed by atoms with Crippen LogP contribution in [0.4, 0.5) is 10.5 Å². The molecule has 1 aliphatic heterocycles. The summed E-state index contributed by atoms with van der Waals surface area (Å²) in [6, 6.07) is 9.83. The Morgan fingerprint density at radius 3 is 2.60 bits per heavy atom. The first-order chi connectivity index (χ1) is 16.9. The van der Waals surface area contributed by atoms with Crippen LogP contribution in [0.15, 0.2) is 47.5 Å². The van der Waals surface area contributed by atoms with Gasteiger partial charge in [-0.1, -0.05) is 43.5 Å². The molecule has 2 aromatic carbocycles.